The smallest absolute Gasteiger partial charge is 0.261 e. The molecule has 0 radical (unpaired) electrons. The second kappa shape index (κ2) is 7.73. The van der Waals surface area contributed by atoms with Crippen molar-refractivity contribution in [2.45, 2.75) is 58.6 Å². The van der Waals surface area contributed by atoms with E-state index in [0.717, 1.165) is 36.1 Å². The molecule has 3 heteroatoms. The molecule has 1 aliphatic rings. The number of aryl methyl sites for hydroxylation is 3. The molecule has 2 aromatic rings. The largest absolute Gasteiger partial charge is 0.480 e. The van der Waals surface area contributed by atoms with Gasteiger partial charge < -0.3 is 10.1 Å². The van der Waals surface area contributed by atoms with Crippen LogP contribution < -0.4 is 10.1 Å². The van der Waals surface area contributed by atoms with Crippen LogP contribution in [0.4, 0.5) is 0 Å². The predicted molar refractivity (Wildman–Crippen MR) is 101 cm³/mol. The van der Waals surface area contributed by atoms with E-state index in [1.165, 1.54) is 11.1 Å². The molecule has 0 aromatic heterocycles. The molecule has 0 heterocycles. The lowest BCUT2D eigenvalue weighted by Gasteiger charge is -2.28. The van der Waals surface area contributed by atoms with Crippen molar-refractivity contribution in [2.75, 3.05) is 0 Å². The Kier molecular flexibility index (Phi) is 5.42. The van der Waals surface area contributed by atoms with Crippen molar-refractivity contribution in [2.24, 2.45) is 0 Å². The zero-order chi connectivity index (χ0) is 17.8. The second-order valence-corrected chi connectivity index (χ2v) is 6.94. The van der Waals surface area contributed by atoms with Gasteiger partial charge in [-0.05, 0) is 67.9 Å². The third-order valence-corrected chi connectivity index (χ3v) is 4.96. The van der Waals surface area contributed by atoms with Crippen LogP contribution in [0.15, 0.2) is 42.5 Å². The lowest BCUT2D eigenvalue weighted by atomic mass is 9.87. The minimum absolute atomic E-state index is 0.0230. The summed E-state index contributed by atoms with van der Waals surface area (Å²) in [7, 11) is 0. The lowest BCUT2D eigenvalue weighted by molar-refractivity contribution is -0.129. The molecule has 0 fully saturated rings. The first kappa shape index (κ1) is 17.5. The normalized spacial score (nSPS) is 17.5. The predicted octanol–water partition coefficient (Wildman–Crippen LogP) is 4.65. The van der Waals surface area contributed by atoms with Gasteiger partial charge in [-0.3, -0.25) is 4.79 Å². The first-order valence-electron chi connectivity index (χ1n) is 9.20. The van der Waals surface area contributed by atoms with Crippen LogP contribution in [0.25, 0.3) is 0 Å². The Bertz CT molecular complexity index is 753. The first-order chi connectivity index (χ1) is 12.1. The number of fused-ring (bicyclic) bond motifs is 1. The number of benzene rings is 2. The molecule has 1 aliphatic carbocycles. The first-order valence-corrected chi connectivity index (χ1v) is 9.20. The van der Waals surface area contributed by atoms with Crippen LogP contribution in [0.5, 0.6) is 5.75 Å². The van der Waals surface area contributed by atoms with Crippen molar-refractivity contribution in [1.82, 2.24) is 5.32 Å². The van der Waals surface area contributed by atoms with Crippen molar-refractivity contribution < 1.29 is 9.53 Å². The summed E-state index contributed by atoms with van der Waals surface area (Å²) >= 11 is 0. The topological polar surface area (TPSA) is 38.3 Å². The van der Waals surface area contributed by atoms with Crippen LogP contribution in [0, 0.1) is 13.8 Å². The highest BCUT2D eigenvalue weighted by atomic mass is 16.5. The third kappa shape index (κ3) is 4.04. The molecule has 25 heavy (non-hydrogen) atoms. The Morgan fingerprint density at radius 2 is 2.04 bits per heavy atom. The fraction of sp³-hybridized carbons (Fsp3) is 0.409. The van der Waals surface area contributed by atoms with Gasteiger partial charge in [0.2, 0.25) is 0 Å². The van der Waals surface area contributed by atoms with Crippen molar-refractivity contribution in [3.63, 3.8) is 0 Å². The summed E-state index contributed by atoms with van der Waals surface area (Å²) in [5, 5.41) is 3.22. The lowest BCUT2D eigenvalue weighted by Crippen LogP contribution is -2.41. The summed E-state index contributed by atoms with van der Waals surface area (Å²) in [4.78, 5) is 12.8. The molecule has 1 N–H and O–H groups in total. The van der Waals surface area contributed by atoms with Gasteiger partial charge in [-0.25, -0.2) is 0 Å². The summed E-state index contributed by atoms with van der Waals surface area (Å²) in [6.45, 7) is 6.03. The zero-order valence-corrected chi connectivity index (χ0v) is 15.3. The van der Waals surface area contributed by atoms with Gasteiger partial charge in [0.05, 0.1) is 6.04 Å². The van der Waals surface area contributed by atoms with Crippen molar-refractivity contribution in [3.8, 4) is 5.75 Å². The molecule has 3 rings (SSSR count). The van der Waals surface area contributed by atoms with Crippen molar-refractivity contribution >= 4 is 5.91 Å². The molecule has 2 atom stereocenters. The molecule has 1 amide bonds. The van der Waals surface area contributed by atoms with E-state index >= 15 is 0 Å². The maximum absolute atomic E-state index is 12.8. The highest BCUT2D eigenvalue weighted by Gasteiger charge is 2.26. The Labute approximate surface area is 150 Å². The summed E-state index contributed by atoms with van der Waals surface area (Å²) in [5.41, 5.74) is 4.79. The van der Waals surface area contributed by atoms with Crippen LogP contribution in [0.2, 0.25) is 0 Å². The number of amides is 1. The molecule has 0 saturated heterocycles. The molecular weight excluding hydrogens is 310 g/mol. The van der Waals surface area contributed by atoms with Crippen LogP contribution in [-0.2, 0) is 11.2 Å². The molecule has 3 nitrogen and oxygen atoms in total. The number of hydrogen-bond donors (Lipinski definition) is 1. The minimum atomic E-state index is -0.463. The Hall–Kier alpha value is -2.29. The summed E-state index contributed by atoms with van der Waals surface area (Å²) in [5.74, 6) is 0.774. The fourth-order valence-electron chi connectivity index (χ4n) is 3.48. The van der Waals surface area contributed by atoms with E-state index in [4.69, 9.17) is 4.74 Å². The van der Waals surface area contributed by atoms with Crippen molar-refractivity contribution in [3.05, 3.63) is 64.7 Å². The summed E-state index contributed by atoms with van der Waals surface area (Å²) < 4.78 is 6.05. The number of ether oxygens (including phenoxy) is 1. The standard InChI is InChI=1S/C22H27NO2/c1-4-20(25-21-14-15(2)12-13-16(21)3)22(24)23-19-11-7-9-17-8-5-6-10-18(17)19/h5-6,8,10,12-14,19-20H,4,7,9,11H2,1-3H3,(H,23,24)/t19-,20-/m0/s1. The highest BCUT2D eigenvalue weighted by molar-refractivity contribution is 5.81. The second-order valence-electron chi connectivity index (χ2n) is 6.94. The van der Waals surface area contributed by atoms with E-state index in [0.29, 0.717) is 6.42 Å². The van der Waals surface area contributed by atoms with Gasteiger partial charge in [0, 0.05) is 0 Å². The third-order valence-electron chi connectivity index (χ3n) is 4.96. The van der Waals surface area contributed by atoms with E-state index in [-0.39, 0.29) is 11.9 Å². The van der Waals surface area contributed by atoms with Crippen LogP contribution in [0.3, 0.4) is 0 Å². The van der Waals surface area contributed by atoms with Gasteiger partial charge in [0.1, 0.15) is 5.75 Å². The van der Waals surface area contributed by atoms with E-state index in [1.807, 2.05) is 39.0 Å². The van der Waals surface area contributed by atoms with E-state index in [2.05, 4.69) is 29.6 Å². The number of carbonyl (C=O) groups is 1. The van der Waals surface area contributed by atoms with Gasteiger partial charge in [-0.15, -0.1) is 0 Å². The van der Waals surface area contributed by atoms with Gasteiger partial charge in [0.15, 0.2) is 6.10 Å². The molecule has 0 spiro atoms. The van der Waals surface area contributed by atoms with Gasteiger partial charge in [0.25, 0.3) is 5.91 Å². The van der Waals surface area contributed by atoms with Gasteiger partial charge in [-0.1, -0.05) is 43.3 Å². The molecular formula is C22H27NO2. The van der Waals surface area contributed by atoms with Crippen molar-refractivity contribution in [1.29, 1.82) is 0 Å². The quantitative estimate of drug-likeness (QED) is 0.862. The molecule has 0 saturated carbocycles. The minimum Gasteiger partial charge on any atom is -0.480 e. The molecule has 0 unspecified atom stereocenters. The van der Waals surface area contributed by atoms with E-state index < -0.39 is 6.10 Å². The van der Waals surface area contributed by atoms with Crippen LogP contribution in [-0.4, -0.2) is 12.0 Å². The molecule has 0 aliphatic heterocycles. The number of rotatable bonds is 5. The monoisotopic (exact) mass is 337 g/mol. The Balaban J connectivity index is 1.72. The maximum Gasteiger partial charge on any atom is 0.261 e. The van der Waals surface area contributed by atoms with Gasteiger partial charge >= 0.3 is 0 Å². The van der Waals surface area contributed by atoms with Gasteiger partial charge in [-0.2, -0.15) is 0 Å². The zero-order valence-electron chi connectivity index (χ0n) is 15.3. The van der Waals surface area contributed by atoms with E-state index in [1.54, 1.807) is 0 Å². The summed E-state index contributed by atoms with van der Waals surface area (Å²) in [6.07, 6.45) is 3.38. The van der Waals surface area contributed by atoms with Crippen LogP contribution in [0.1, 0.15) is 54.5 Å². The average molecular weight is 337 g/mol. The number of hydrogen-bond acceptors (Lipinski definition) is 2. The fourth-order valence-corrected chi connectivity index (χ4v) is 3.48. The molecule has 2 aromatic carbocycles. The number of carbonyl (C=O) groups excluding carboxylic acids is 1. The Morgan fingerprint density at radius 3 is 2.84 bits per heavy atom. The average Bonchev–Trinajstić information content (AvgIpc) is 2.62. The highest BCUT2D eigenvalue weighted by Crippen LogP contribution is 2.30. The summed E-state index contributed by atoms with van der Waals surface area (Å²) in [6, 6.07) is 14.6. The van der Waals surface area contributed by atoms with Crippen LogP contribution >= 0.6 is 0 Å². The van der Waals surface area contributed by atoms with E-state index in [9.17, 15) is 4.79 Å². The molecule has 0 bridgehead atoms. The molecule has 132 valence electrons. The SMILES string of the molecule is CC[C@H](Oc1cc(C)ccc1C)C(=O)N[C@H]1CCCc2ccccc21. The maximum atomic E-state index is 12.8. The number of nitrogens with one attached hydrogen (secondary N) is 1. The Morgan fingerprint density at radius 1 is 1.24 bits per heavy atom.